The van der Waals surface area contributed by atoms with Gasteiger partial charge in [0.2, 0.25) is 0 Å². The molecule has 0 spiro atoms. The molecular formula is C14H26N4. The Morgan fingerprint density at radius 3 is 2.78 bits per heavy atom. The van der Waals surface area contributed by atoms with E-state index in [0.717, 1.165) is 12.5 Å². The summed E-state index contributed by atoms with van der Waals surface area (Å²) < 4.78 is 1.97. The van der Waals surface area contributed by atoms with E-state index in [2.05, 4.69) is 30.2 Å². The van der Waals surface area contributed by atoms with Crippen LogP contribution in [0.3, 0.4) is 0 Å². The summed E-state index contributed by atoms with van der Waals surface area (Å²) in [6.45, 7) is 4.86. The van der Waals surface area contributed by atoms with Gasteiger partial charge < -0.3 is 5.73 Å². The molecule has 4 nitrogen and oxygen atoms in total. The highest BCUT2D eigenvalue weighted by Crippen LogP contribution is 2.27. The summed E-state index contributed by atoms with van der Waals surface area (Å²) in [5.74, 6) is 0.866. The molecule has 2 N–H and O–H groups in total. The molecule has 0 radical (unpaired) electrons. The summed E-state index contributed by atoms with van der Waals surface area (Å²) in [6.07, 6.45) is 9.67. The minimum Gasteiger partial charge on any atom is -0.329 e. The van der Waals surface area contributed by atoms with Crippen molar-refractivity contribution in [2.24, 2.45) is 11.7 Å². The molecule has 1 aromatic rings. The molecular weight excluding hydrogens is 224 g/mol. The zero-order valence-corrected chi connectivity index (χ0v) is 11.7. The van der Waals surface area contributed by atoms with Crippen LogP contribution in [-0.2, 0) is 6.54 Å². The van der Waals surface area contributed by atoms with Crippen LogP contribution in [-0.4, -0.2) is 34.8 Å². The quantitative estimate of drug-likeness (QED) is 0.840. The Morgan fingerprint density at radius 1 is 1.50 bits per heavy atom. The second kappa shape index (κ2) is 6.34. The summed E-state index contributed by atoms with van der Waals surface area (Å²) in [5.41, 5.74) is 7.20. The predicted molar refractivity (Wildman–Crippen MR) is 74.3 cm³/mol. The Bertz CT molecular complexity index is 354. The lowest BCUT2D eigenvalue weighted by Gasteiger charge is -2.28. The third kappa shape index (κ3) is 3.12. The number of nitrogens with zero attached hydrogens (tertiary/aromatic N) is 3. The van der Waals surface area contributed by atoms with Gasteiger partial charge in [-0.25, -0.2) is 0 Å². The molecule has 0 aliphatic heterocycles. The van der Waals surface area contributed by atoms with E-state index in [1.807, 2.05) is 10.9 Å². The number of hydrogen-bond donors (Lipinski definition) is 1. The number of aryl methyl sites for hydroxylation is 1. The van der Waals surface area contributed by atoms with E-state index in [1.165, 1.54) is 37.8 Å². The fraction of sp³-hybridized carbons (Fsp3) is 0.786. The van der Waals surface area contributed by atoms with Gasteiger partial charge >= 0.3 is 0 Å². The van der Waals surface area contributed by atoms with Gasteiger partial charge in [0.1, 0.15) is 0 Å². The average Bonchev–Trinajstić information content (AvgIpc) is 3.01. The number of aromatic nitrogens is 2. The van der Waals surface area contributed by atoms with Gasteiger partial charge in [0.25, 0.3) is 0 Å². The van der Waals surface area contributed by atoms with Gasteiger partial charge in [0.05, 0.1) is 6.20 Å². The number of rotatable bonds is 6. The molecule has 18 heavy (non-hydrogen) atoms. The van der Waals surface area contributed by atoms with Crippen LogP contribution in [0.25, 0.3) is 0 Å². The van der Waals surface area contributed by atoms with Crippen molar-refractivity contribution >= 4 is 0 Å². The van der Waals surface area contributed by atoms with Crippen molar-refractivity contribution in [3.8, 4) is 0 Å². The highest BCUT2D eigenvalue weighted by atomic mass is 15.3. The molecule has 4 heteroatoms. The van der Waals surface area contributed by atoms with Crippen LogP contribution < -0.4 is 5.73 Å². The topological polar surface area (TPSA) is 47.1 Å². The molecule has 0 saturated heterocycles. The highest BCUT2D eigenvalue weighted by molar-refractivity contribution is 5.11. The first-order valence-electron chi connectivity index (χ1n) is 7.17. The van der Waals surface area contributed by atoms with Crippen molar-refractivity contribution < 1.29 is 0 Å². The molecule has 1 fully saturated rings. The Hall–Kier alpha value is -0.870. The fourth-order valence-electron chi connectivity index (χ4n) is 3.02. The summed E-state index contributed by atoms with van der Waals surface area (Å²) in [5, 5.41) is 4.35. The lowest BCUT2D eigenvalue weighted by atomic mass is 10.0. The lowest BCUT2D eigenvalue weighted by Crippen LogP contribution is -2.33. The first-order valence-corrected chi connectivity index (χ1v) is 7.17. The molecule has 102 valence electrons. The first kappa shape index (κ1) is 13.6. The maximum Gasteiger partial charge on any atom is 0.0538 e. The van der Waals surface area contributed by atoms with Gasteiger partial charge in [-0.15, -0.1) is 0 Å². The second-order valence-corrected chi connectivity index (χ2v) is 5.47. The summed E-state index contributed by atoms with van der Waals surface area (Å²) in [7, 11) is 2.19. The van der Waals surface area contributed by atoms with E-state index in [-0.39, 0.29) is 0 Å². The standard InChI is InChI=1S/C14H26N4/c1-3-18-11-13(9-16-18)14(8-15)17(2)10-12-6-4-5-7-12/h9,11-12,14H,3-8,10,15H2,1-2H3. The van der Waals surface area contributed by atoms with E-state index in [9.17, 15) is 0 Å². The molecule has 0 aromatic carbocycles. The van der Waals surface area contributed by atoms with Crippen molar-refractivity contribution in [1.82, 2.24) is 14.7 Å². The summed E-state index contributed by atoms with van der Waals surface area (Å²) in [6, 6.07) is 0.311. The van der Waals surface area contributed by atoms with Gasteiger partial charge in [-0.3, -0.25) is 9.58 Å². The molecule has 0 amide bonds. The largest absolute Gasteiger partial charge is 0.329 e. The predicted octanol–water partition coefficient (Wildman–Crippen LogP) is 2.02. The normalized spacial score (nSPS) is 18.7. The number of likely N-dealkylation sites (N-methyl/N-ethyl adjacent to an activating group) is 1. The van der Waals surface area contributed by atoms with E-state index >= 15 is 0 Å². The Kier molecular flexibility index (Phi) is 4.78. The maximum atomic E-state index is 5.95. The van der Waals surface area contributed by atoms with Crippen LogP contribution in [0.2, 0.25) is 0 Å². The average molecular weight is 250 g/mol. The van der Waals surface area contributed by atoms with Crippen molar-refractivity contribution in [2.75, 3.05) is 20.1 Å². The Morgan fingerprint density at radius 2 is 2.22 bits per heavy atom. The van der Waals surface area contributed by atoms with Crippen LogP contribution in [0.15, 0.2) is 12.4 Å². The minimum atomic E-state index is 0.311. The van der Waals surface area contributed by atoms with Gasteiger partial charge in [0, 0.05) is 37.4 Å². The van der Waals surface area contributed by atoms with E-state index in [1.54, 1.807) is 0 Å². The molecule has 1 heterocycles. The third-order valence-electron chi connectivity index (χ3n) is 4.14. The van der Waals surface area contributed by atoms with Crippen LogP contribution in [0.4, 0.5) is 0 Å². The Balaban J connectivity index is 1.97. The number of hydrogen-bond acceptors (Lipinski definition) is 3. The molecule has 1 aliphatic carbocycles. The van der Waals surface area contributed by atoms with Crippen molar-refractivity contribution in [3.63, 3.8) is 0 Å². The maximum absolute atomic E-state index is 5.95. The van der Waals surface area contributed by atoms with Crippen LogP contribution in [0.1, 0.15) is 44.2 Å². The van der Waals surface area contributed by atoms with Crippen LogP contribution in [0.5, 0.6) is 0 Å². The van der Waals surface area contributed by atoms with E-state index in [0.29, 0.717) is 12.6 Å². The zero-order chi connectivity index (χ0) is 13.0. The molecule has 1 atom stereocenters. The summed E-state index contributed by atoms with van der Waals surface area (Å²) >= 11 is 0. The van der Waals surface area contributed by atoms with E-state index < -0.39 is 0 Å². The lowest BCUT2D eigenvalue weighted by molar-refractivity contribution is 0.212. The van der Waals surface area contributed by atoms with Crippen LogP contribution >= 0.6 is 0 Å². The third-order valence-corrected chi connectivity index (χ3v) is 4.14. The highest BCUT2D eigenvalue weighted by Gasteiger charge is 2.22. The van der Waals surface area contributed by atoms with Crippen molar-refractivity contribution in [1.29, 1.82) is 0 Å². The number of nitrogens with two attached hydrogens (primary N) is 1. The van der Waals surface area contributed by atoms with E-state index in [4.69, 9.17) is 5.73 Å². The van der Waals surface area contributed by atoms with Crippen molar-refractivity contribution in [2.45, 2.75) is 45.2 Å². The smallest absolute Gasteiger partial charge is 0.0538 e. The SMILES string of the molecule is CCn1cc(C(CN)N(C)CC2CCCC2)cn1. The molecule has 1 saturated carbocycles. The molecule has 1 aliphatic rings. The molecule has 2 rings (SSSR count). The minimum absolute atomic E-state index is 0.311. The first-order chi connectivity index (χ1) is 8.74. The van der Waals surface area contributed by atoms with Gasteiger partial charge in [-0.05, 0) is 32.7 Å². The monoisotopic (exact) mass is 250 g/mol. The molecule has 0 bridgehead atoms. The van der Waals surface area contributed by atoms with Crippen molar-refractivity contribution in [3.05, 3.63) is 18.0 Å². The second-order valence-electron chi connectivity index (χ2n) is 5.47. The molecule has 1 unspecified atom stereocenters. The fourth-order valence-corrected chi connectivity index (χ4v) is 3.02. The van der Waals surface area contributed by atoms with Gasteiger partial charge in [-0.1, -0.05) is 12.8 Å². The summed E-state index contributed by atoms with van der Waals surface area (Å²) in [4.78, 5) is 2.41. The zero-order valence-electron chi connectivity index (χ0n) is 11.7. The Labute approximate surface area is 110 Å². The van der Waals surface area contributed by atoms with Gasteiger partial charge in [-0.2, -0.15) is 5.10 Å². The molecule has 1 aromatic heterocycles. The van der Waals surface area contributed by atoms with Gasteiger partial charge in [0.15, 0.2) is 0 Å². The van der Waals surface area contributed by atoms with Crippen LogP contribution in [0, 0.1) is 5.92 Å².